The van der Waals surface area contributed by atoms with E-state index < -0.39 is 0 Å². The molecule has 3 amide bonds. The van der Waals surface area contributed by atoms with Gasteiger partial charge in [0.2, 0.25) is 5.91 Å². The predicted molar refractivity (Wildman–Crippen MR) is 87.2 cm³/mol. The van der Waals surface area contributed by atoms with Crippen LogP contribution in [-0.4, -0.2) is 34.6 Å². The van der Waals surface area contributed by atoms with Crippen molar-refractivity contribution in [3.8, 4) is 0 Å². The maximum Gasteiger partial charge on any atom is 0.322 e. The van der Waals surface area contributed by atoms with Crippen LogP contribution in [0.3, 0.4) is 0 Å². The number of urea groups is 1. The number of aromatic nitrogens is 1. The molecule has 1 aromatic heterocycles. The van der Waals surface area contributed by atoms with Gasteiger partial charge in [0.25, 0.3) is 0 Å². The van der Waals surface area contributed by atoms with Gasteiger partial charge in [0.15, 0.2) is 5.82 Å². The fraction of sp³-hybridized carbons (Fsp3) is 0.312. The van der Waals surface area contributed by atoms with Gasteiger partial charge in [-0.25, -0.2) is 4.79 Å². The summed E-state index contributed by atoms with van der Waals surface area (Å²) in [5.74, 6) is -0.0226. The van der Waals surface area contributed by atoms with Gasteiger partial charge in [-0.15, -0.1) is 0 Å². The highest BCUT2D eigenvalue weighted by atomic mass is 16.5. The fourth-order valence-corrected chi connectivity index (χ4v) is 2.00. The minimum Gasteiger partial charge on any atom is -0.363 e. The second-order valence-electron chi connectivity index (χ2n) is 5.40. The van der Waals surface area contributed by atoms with E-state index in [1.54, 1.807) is 0 Å². The van der Waals surface area contributed by atoms with Gasteiger partial charge in [-0.3, -0.25) is 4.79 Å². The van der Waals surface area contributed by atoms with Crippen molar-refractivity contribution in [3.63, 3.8) is 0 Å². The summed E-state index contributed by atoms with van der Waals surface area (Å²) in [6.07, 6.45) is 1.36. The molecule has 7 nitrogen and oxygen atoms in total. The van der Waals surface area contributed by atoms with E-state index in [4.69, 9.17) is 0 Å². The number of amides is 3. The molecule has 0 fully saturated rings. The Balaban J connectivity index is 2.01. The van der Waals surface area contributed by atoms with Gasteiger partial charge >= 0.3 is 6.03 Å². The summed E-state index contributed by atoms with van der Waals surface area (Å²) in [5.41, 5.74) is 1.68. The van der Waals surface area contributed by atoms with Crippen molar-refractivity contribution in [2.24, 2.45) is 0 Å². The molecular formula is C16H20N4O3. The van der Waals surface area contributed by atoms with Crippen molar-refractivity contribution in [3.05, 3.63) is 42.2 Å². The molecule has 2 rings (SSSR count). The van der Waals surface area contributed by atoms with Gasteiger partial charge in [0.1, 0.15) is 12.8 Å². The van der Waals surface area contributed by atoms with Crippen LogP contribution in [0.1, 0.15) is 19.4 Å². The van der Waals surface area contributed by atoms with E-state index in [1.165, 1.54) is 17.2 Å². The molecule has 0 aliphatic rings. The molecule has 0 saturated heterocycles. The first-order valence-electron chi connectivity index (χ1n) is 7.31. The number of carbonyl (C=O) groups excluding carboxylic acids is 2. The van der Waals surface area contributed by atoms with Crippen LogP contribution < -0.4 is 10.6 Å². The van der Waals surface area contributed by atoms with Crippen LogP contribution >= 0.6 is 0 Å². The predicted octanol–water partition coefficient (Wildman–Crippen LogP) is 2.86. The minimum absolute atomic E-state index is 0.0811. The minimum atomic E-state index is -0.340. The Kier molecular flexibility index (Phi) is 5.35. The highest BCUT2D eigenvalue weighted by molar-refractivity contribution is 5.96. The topological polar surface area (TPSA) is 87.5 Å². The Hall–Kier alpha value is -2.83. The Morgan fingerprint density at radius 1 is 1.22 bits per heavy atom. The zero-order chi connectivity index (χ0) is 16.8. The number of hydrogen-bond acceptors (Lipinski definition) is 4. The Bertz CT molecular complexity index is 668. The average molecular weight is 316 g/mol. The fourth-order valence-electron chi connectivity index (χ4n) is 2.00. The smallest absolute Gasteiger partial charge is 0.322 e. The summed E-state index contributed by atoms with van der Waals surface area (Å²) >= 11 is 0. The molecule has 0 atom stereocenters. The van der Waals surface area contributed by atoms with Crippen molar-refractivity contribution in [1.82, 2.24) is 10.1 Å². The van der Waals surface area contributed by atoms with Gasteiger partial charge in [0, 0.05) is 17.8 Å². The zero-order valence-corrected chi connectivity index (χ0v) is 13.4. The maximum absolute atomic E-state index is 12.4. The summed E-state index contributed by atoms with van der Waals surface area (Å²) in [7, 11) is 0. The number of benzene rings is 1. The van der Waals surface area contributed by atoms with Crippen LogP contribution in [0.25, 0.3) is 0 Å². The number of nitrogens with zero attached hydrogens (tertiary/aromatic N) is 2. The Morgan fingerprint density at radius 3 is 2.57 bits per heavy atom. The zero-order valence-electron chi connectivity index (χ0n) is 13.4. The van der Waals surface area contributed by atoms with Crippen LogP contribution in [0.2, 0.25) is 0 Å². The molecule has 2 N–H and O–H groups in total. The first-order chi connectivity index (χ1) is 11.0. The Morgan fingerprint density at radius 2 is 1.96 bits per heavy atom. The van der Waals surface area contributed by atoms with Crippen molar-refractivity contribution in [2.45, 2.75) is 26.8 Å². The van der Waals surface area contributed by atoms with Crippen LogP contribution in [-0.2, 0) is 4.79 Å². The first-order valence-corrected chi connectivity index (χ1v) is 7.31. The molecule has 0 spiro atoms. The molecule has 0 saturated carbocycles. The van der Waals surface area contributed by atoms with Gasteiger partial charge < -0.3 is 20.1 Å². The van der Waals surface area contributed by atoms with Crippen molar-refractivity contribution >= 4 is 23.4 Å². The van der Waals surface area contributed by atoms with Crippen molar-refractivity contribution in [2.75, 3.05) is 17.2 Å². The van der Waals surface area contributed by atoms with E-state index in [1.807, 2.05) is 45.0 Å². The molecule has 0 aliphatic carbocycles. The third-order valence-electron chi connectivity index (χ3n) is 3.29. The Labute approximate surface area is 134 Å². The van der Waals surface area contributed by atoms with Gasteiger partial charge in [-0.2, -0.15) is 0 Å². The van der Waals surface area contributed by atoms with E-state index in [-0.39, 0.29) is 24.5 Å². The second kappa shape index (κ2) is 7.44. The first kappa shape index (κ1) is 16.5. The molecule has 2 aromatic rings. The SMILES string of the molecule is Cc1ccccc1NC(=O)N(CC(=O)Nc1ccon1)C(C)C. The number of rotatable bonds is 5. The van der Waals surface area contributed by atoms with Gasteiger partial charge in [0.05, 0.1) is 0 Å². The normalized spacial score (nSPS) is 10.4. The third-order valence-corrected chi connectivity index (χ3v) is 3.29. The summed E-state index contributed by atoms with van der Waals surface area (Å²) < 4.78 is 4.65. The van der Waals surface area contributed by atoms with E-state index in [0.29, 0.717) is 5.82 Å². The molecular weight excluding hydrogens is 296 g/mol. The highest BCUT2D eigenvalue weighted by Crippen LogP contribution is 2.14. The number of para-hydroxylation sites is 1. The van der Waals surface area contributed by atoms with Crippen LogP contribution in [0, 0.1) is 6.92 Å². The summed E-state index contributed by atoms with van der Waals surface area (Å²) in [6, 6.07) is 8.54. The lowest BCUT2D eigenvalue weighted by Gasteiger charge is -2.26. The van der Waals surface area contributed by atoms with E-state index in [9.17, 15) is 9.59 Å². The lowest BCUT2D eigenvalue weighted by atomic mass is 10.2. The standard InChI is InChI=1S/C16H20N4O3/c1-11(2)20(10-15(21)18-14-8-9-23-19-14)16(22)17-13-7-5-4-6-12(13)3/h4-9,11H,10H2,1-3H3,(H,17,22)(H,18,19,21). The van der Waals surface area contributed by atoms with Crippen LogP contribution in [0.4, 0.5) is 16.3 Å². The molecule has 7 heteroatoms. The summed E-state index contributed by atoms with van der Waals surface area (Å²) in [5, 5.41) is 9.01. The monoisotopic (exact) mass is 316 g/mol. The second-order valence-corrected chi connectivity index (χ2v) is 5.40. The molecule has 0 bridgehead atoms. The number of hydrogen-bond donors (Lipinski definition) is 2. The van der Waals surface area contributed by atoms with Gasteiger partial charge in [-0.05, 0) is 32.4 Å². The van der Waals surface area contributed by atoms with Gasteiger partial charge in [-0.1, -0.05) is 23.4 Å². The lowest BCUT2D eigenvalue weighted by molar-refractivity contribution is -0.117. The number of nitrogens with one attached hydrogen (secondary N) is 2. The van der Waals surface area contributed by atoms with Crippen molar-refractivity contribution in [1.29, 1.82) is 0 Å². The van der Waals surface area contributed by atoms with Crippen LogP contribution in [0.15, 0.2) is 41.1 Å². The largest absolute Gasteiger partial charge is 0.363 e. The average Bonchev–Trinajstić information content (AvgIpc) is 2.99. The lowest BCUT2D eigenvalue weighted by Crippen LogP contribution is -2.44. The molecule has 122 valence electrons. The molecule has 0 unspecified atom stereocenters. The molecule has 1 heterocycles. The quantitative estimate of drug-likeness (QED) is 0.888. The number of aryl methyl sites for hydroxylation is 1. The third kappa shape index (κ3) is 4.57. The van der Waals surface area contributed by atoms with E-state index in [0.717, 1.165) is 11.3 Å². The number of carbonyl (C=O) groups is 2. The number of anilines is 2. The summed E-state index contributed by atoms with van der Waals surface area (Å²) in [4.78, 5) is 25.9. The van der Waals surface area contributed by atoms with Crippen molar-refractivity contribution < 1.29 is 14.1 Å². The maximum atomic E-state index is 12.4. The molecule has 23 heavy (non-hydrogen) atoms. The van der Waals surface area contributed by atoms with E-state index in [2.05, 4.69) is 20.3 Å². The molecule has 0 radical (unpaired) electrons. The van der Waals surface area contributed by atoms with E-state index >= 15 is 0 Å². The molecule has 0 aliphatic heterocycles. The highest BCUT2D eigenvalue weighted by Gasteiger charge is 2.21. The summed E-state index contributed by atoms with van der Waals surface area (Å²) in [6.45, 7) is 5.52. The van der Waals surface area contributed by atoms with Crippen LogP contribution in [0.5, 0.6) is 0 Å². The molecule has 1 aromatic carbocycles.